The minimum absolute atomic E-state index is 0.00611. The van der Waals surface area contributed by atoms with Crippen LogP contribution >= 0.6 is 23.2 Å². The van der Waals surface area contributed by atoms with Crippen LogP contribution in [0.15, 0.2) is 66.7 Å². The third-order valence-corrected chi connectivity index (χ3v) is 15.3. The highest BCUT2D eigenvalue weighted by Crippen LogP contribution is 2.43. The third kappa shape index (κ3) is 9.10. The van der Waals surface area contributed by atoms with E-state index in [2.05, 4.69) is 4.57 Å². The molecule has 0 saturated carbocycles. The monoisotopic (exact) mass is 925 g/mol. The van der Waals surface area contributed by atoms with Crippen molar-refractivity contribution in [3.8, 4) is 16.9 Å². The molecule has 64 heavy (non-hydrogen) atoms. The van der Waals surface area contributed by atoms with Crippen molar-refractivity contribution in [3.05, 3.63) is 127 Å². The number of aryl methyl sites for hydroxylation is 7. The molecule has 0 aliphatic carbocycles. The van der Waals surface area contributed by atoms with Gasteiger partial charge in [0.05, 0.1) is 46.4 Å². The van der Waals surface area contributed by atoms with E-state index >= 15 is 4.79 Å². The number of carbonyl (C=O) groups excluding carboxylic acids is 1. The molecule has 3 aromatic carbocycles. The maximum absolute atomic E-state index is 15.1. The highest BCUT2D eigenvalue weighted by atomic mass is 35.5. The number of piperazine rings is 1. The highest BCUT2D eigenvalue weighted by Gasteiger charge is 2.33. The van der Waals surface area contributed by atoms with Gasteiger partial charge in [0, 0.05) is 73.5 Å². The fourth-order valence-electron chi connectivity index (χ4n) is 9.19. The SMILES string of the molecule is Cc1cc(OCCCc2c3n(c4c(-c5c(C)nn(C)c5C)c(Cl)ccc24)CCCN(Cc2cc(C(=O)O)cc(N4CCN(S(=O)(=O)CCc5ccccc5)CC4)n2)C3=O)cc(C)c1Cl. The van der Waals surface area contributed by atoms with Crippen LogP contribution in [0.4, 0.5) is 5.82 Å². The molecule has 1 saturated heterocycles. The molecule has 8 rings (SSSR count). The van der Waals surface area contributed by atoms with Crippen LogP contribution in [0, 0.1) is 27.7 Å². The van der Waals surface area contributed by atoms with Crippen molar-refractivity contribution in [1.82, 2.24) is 28.5 Å². The number of pyridine rings is 1. The van der Waals surface area contributed by atoms with E-state index in [1.807, 2.05) is 98.9 Å². The Kier molecular flexibility index (Phi) is 13.1. The van der Waals surface area contributed by atoms with Crippen molar-refractivity contribution in [2.24, 2.45) is 7.05 Å². The van der Waals surface area contributed by atoms with Gasteiger partial charge in [0.15, 0.2) is 0 Å². The molecule has 2 aliphatic heterocycles. The molecule has 13 nitrogen and oxygen atoms in total. The molecule has 0 unspecified atom stereocenters. The van der Waals surface area contributed by atoms with Crippen LogP contribution in [-0.2, 0) is 43.0 Å². The van der Waals surface area contributed by atoms with Crippen molar-refractivity contribution in [2.75, 3.05) is 50.0 Å². The summed E-state index contributed by atoms with van der Waals surface area (Å²) in [5.41, 5.74) is 9.21. The third-order valence-electron chi connectivity index (χ3n) is 12.5. The predicted octanol–water partition coefficient (Wildman–Crippen LogP) is 8.43. The number of hydrogen-bond acceptors (Lipinski definition) is 8. The first-order chi connectivity index (χ1) is 30.6. The van der Waals surface area contributed by atoms with E-state index in [1.54, 1.807) is 4.90 Å². The molecule has 1 amide bonds. The number of fused-ring (bicyclic) bond motifs is 3. The van der Waals surface area contributed by atoms with Crippen molar-refractivity contribution >= 4 is 61.8 Å². The number of hydrogen-bond donors (Lipinski definition) is 1. The zero-order valence-electron chi connectivity index (χ0n) is 36.8. The zero-order chi connectivity index (χ0) is 45.4. The lowest BCUT2D eigenvalue weighted by atomic mass is 9.98. The van der Waals surface area contributed by atoms with Crippen LogP contribution < -0.4 is 9.64 Å². The van der Waals surface area contributed by atoms with Crippen molar-refractivity contribution in [1.29, 1.82) is 0 Å². The van der Waals surface area contributed by atoms with Gasteiger partial charge in [-0.2, -0.15) is 9.40 Å². The van der Waals surface area contributed by atoms with Crippen molar-refractivity contribution in [2.45, 2.75) is 66.5 Å². The number of carboxylic acids is 1. The number of ether oxygens (including phenoxy) is 1. The largest absolute Gasteiger partial charge is 0.494 e. The van der Waals surface area contributed by atoms with Crippen LogP contribution in [0.25, 0.3) is 22.0 Å². The smallest absolute Gasteiger partial charge is 0.335 e. The highest BCUT2D eigenvalue weighted by molar-refractivity contribution is 7.89. The molecule has 1 N–H and O–H groups in total. The molecule has 336 valence electrons. The lowest BCUT2D eigenvalue weighted by molar-refractivity contribution is 0.0696. The van der Waals surface area contributed by atoms with E-state index in [-0.39, 0.29) is 36.9 Å². The molecule has 0 radical (unpaired) electrons. The maximum Gasteiger partial charge on any atom is 0.335 e. The maximum atomic E-state index is 15.1. The normalized spacial score (nSPS) is 14.9. The zero-order valence-corrected chi connectivity index (χ0v) is 39.2. The Morgan fingerprint density at radius 2 is 1.59 bits per heavy atom. The van der Waals surface area contributed by atoms with Gasteiger partial charge in [-0.1, -0.05) is 59.6 Å². The van der Waals surface area contributed by atoms with E-state index in [9.17, 15) is 18.3 Å². The average molecular weight is 927 g/mol. The first-order valence-corrected chi connectivity index (χ1v) is 24.0. The summed E-state index contributed by atoms with van der Waals surface area (Å²) in [5, 5.41) is 17.2. The molecular weight excluding hydrogens is 874 g/mol. The molecule has 16 heteroatoms. The Morgan fingerprint density at radius 1 is 0.875 bits per heavy atom. The van der Waals surface area contributed by atoms with Gasteiger partial charge >= 0.3 is 5.97 Å². The van der Waals surface area contributed by atoms with E-state index in [4.69, 9.17) is 38.0 Å². The standard InChI is InChI=1S/C48H53Cl2N7O6S/c1-30-25-37(26-31(2)44(30)50)63-23-9-13-38-39-14-15-40(49)43(42-32(3)52-53(5)33(42)4)45(39)57-18-10-17-55(47(58)46(38)57)29-36-27-35(48(59)60)28-41(51-36)54-19-21-56(22-20-54)64(61,62)24-16-34-11-7-6-8-12-34/h6-8,11-12,14-15,25-28H,9-10,13,16-24,29H2,1-5H3,(H,59,60). The van der Waals surface area contributed by atoms with E-state index in [0.29, 0.717) is 85.7 Å². The van der Waals surface area contributed by atoms with Crippen LogP contribution in [0.2, 0.25) is 10.0 Å². The molecule has 5 heterocycles. The Balaban J connectivity index is 1.09. The number of rotatable bonds is 14. The number of anilines is 1. The summed E-state index contributed by atoms with van der Waals surface area (Å²) in [7, 11) is -1.60. The second-order valence-electron chi connectivity index (χ2n) is 16.8. The number of carboxylic acid groups (broad SMARTS) is 1. The van der Waals surface area contributed by atoms with Gasteiger partial charge in [0.2, 0.25) is 10.0 Å². The summed E-state index contributed by atoms with van der Waals surface area (Å²) in [6.45, 7) is 10.5. The number of aromatic carboxylic acids is 1. The summed E-state index contributed by atoms with van der Waals surface area (Å²) >= 11 is 13.5. The molecule has 3 aromatic heterocycles. The first kappa shape index (κ1) is 45.2. The Morgan fingerprint density at radius 3 is 2.27 bits per heavy atom. The second-order valence-corrected chi connectivity index (χ2v) is 19.7. The topological polar surface area (TPSA) is 143 Å². The van der Waals surface area contributed by atoms with Crippen LogP contribution in [0.5, 0.6) is 5.75 Å². The summed E-state index contributed by atoms with van der Waals surface area (Å²) in [4.78, 5) is 36.3. The quantitative estimate of drug-likeness (QED) is 0.107. The molecule has 0 atom stereocenters. The fraction of sp³-hybridized carbons (Fsp3) is 0.375. The van der Waals surface area contributed by atoms with Crippen molar-refractivity contribution < 1.29 is 27.9 Å². The number of aromatic nitrogens is 4. The average Bonchev–Trinajstić information content (AvgIpc) is 3.66. The van der Waals surface area contributed by atoms with Crippen molar-refractivity contribution in [3.63, 3.8) is 0 Å². The summed E-state index contributed by atoms with van der Waals surface area (Å²) < 4.78 is 38.3. The minimum Gasteiger partial charge on any atom is -0.494 e. The molecule has 0 spiro atoms. The summed E-state index contributed by atoms with van der Waals surface area (Å²) in [6, 6.07) is 20.3. The number of halogens is 2. The lowest BCUT2D eigenvalue weighted by Crippen LogP contribution is -2.49. The van der Waals surface area contributed by atoms with Gasteiger partial charge in [-0.05, 0) is 106 Å². The van der Waals surface area contributed by atoms with Gasteiger partial charge in [0.1, 0.15) is 17.3 Å². The number of benzene rings is 3. The molecule has 0 bridgehead atoms. The number of nitrogens with zero attached hydrogens (tertiary/aromatic N) is 7. The summed E-state index contributed by atoms with van der Waals surface area (Å²) in [6.07, 6.45) is 2.21. The number of sulfonamides is 1. The second kappa shape index (κ2) is 18.6. The minimum atomic E-state index is -3.51. The molecule has 1 fully saturated rings. The lowest BCUT2D eigenvalue weighted by Gasteiger charge is -2.35. The van der Waals surface area contributed by atoms with Gasteiger partial charge < -0.3 is 24.2 Å². The first-order valence-electron chi connectivity index (χ1n) is 21.6. The van der Waals surface area contributed by atoms with Gasteiger partial charge in [-0.3, -0.25) is 9.48 Å². The van der Waals surface area contributed by atoms with Crippen LogP contribution in [0.1, 0.15) is 73.0 Å². The summed E-state index contributed by atoms with van der Waals surface area (Å²) in [5.74, 6) is -0.130. The van der Waals surface area contributed by atoms with Gasteiger partial charge in [0.25, 0.3) is 5.91 Å². The molecule has 6 aromatic rings. The number of carbonyl (C=O) groups is 2. The Labute approximate surface area is 384 Å². The van der Waals surface area contributed by atoms with Gasteiger partial charge in [-0.15, -0.1) is 0 Å². The predicted molar refractivity (Wildman–Crippen MR) is 252 cm³/mol. The fourth-order valence-corrected chi connectivity index (χ4v) is 11.0. The van der Waals surface area contributed by atoms with E-state index in [1.165, 1.54) is 16.4 Å². The Bertz CT molecular complexity index is 2850. The van der Waals surface area contributed by atoms with E-state index in [0.717, 1.165) is 61.4 Å². The van der Waals surface area contributed by atoms with Crippen LogP contribution in [0.3, 0.4) is 0 Å². The Hall–Kier alpha value is -5.41. The van der Waals surface area contributed by atoms with E-state index < -0.39 is 16.0 Å². The molecular formula is C48H53Cl2N7O6S. The van der Waals surface area contributed by atoms with Crippen LogP contribution in [-0.4, -0.2) is 99.0 Å². The molecule has 2 aliphatic rings. The number of amides is 1. The van der Waals surface area contributed by atoms with Gasteiger partial charge in [-0.25, -0.2) is 18.2 Å².